The minimum atomic E-state index is -0.0562. The first-order valence-corrected chi connectivity index (χ1v) is 6.13. The number of carbonyl (C=O) groups is 1. The molecule has 5 nitrogen and oxygen atoms in total. The molecule has 0 aromatic heterocycles. The van der Waals surface area contributed by atoms with Crippen LogP contribution in [0.2, 0.25) is 0 Å². The number of nitrogens with one attached hydrogen (secondary N) is 1. The number of nitrogens with zero attached hydrogens (tertiary/aromatic N) is 2. The first-order valence-electron chi connectivity index (χ1n) is 6.13. The number of benzene rings is 1. The van der Waals surface area contributed by atoms with Crippen molar-refractivity contribution in [3.63, 3.8) is 0 Å². The molecule has 0 radical (unpaired) electrons. The molecule has 1 N–H and O–H groups in total. The maximum absolute atomic E-state index is 11.7. The van der Waals surface area contributed by atoms with Gasteiger partial charge in [0.05, 0.1) is 18.2 Å². The van der Waals surface area contributed by atoms with Crippen molar-refractivity contribution in [3.8, 4) is 6.07 Å². The second-order valence-electron chi connectivity index (χ2n) is 4.29. The van der Waals surface area contributed by atoms with Crippen LogP contribution in [-0.4, -0.2) is 44.7 Å². The van der Waals surface area contributed by atoms with Gasteiger partial charge in [-0.25, -0.2) is 0 Å². The molecule has 0 spiro atoms. The number of ether oxygens (including phenoxy) is 1. The Morgan fingerprint density at radius 3 is 2.95 bits per heavy atom. The summed E-state index contributed by atoms with van der Waals surface area (Å²) in [6.45, 7) is 2.13. The summed E-state index contributed by atoms with van der Waals surface area (Å²) in [6.07, 6.45) is 0.414. The fraction of sp³-hybridized carbons (Fsp3) is 0.429. The lowest BCUT2D eigenvalue weighted by molar-refractivity contribution is -0.116. The summed E-state index contributed by atoms with van der Waals surface area (Å²) in [5, 5.41) is 11.6. The molecule has 0 saturated carbocycles. The quantitative estimate of drug-likeness (QED) is 0.807. The van der Waals surface area contributed by atoms with Gasteiger partial charge in [0.15, 0.2) is 0 Å². The van der Waals surface area contributed by atoms with Gasteiger partial charge in [-0.05, 0) is 25.2 Å². The number of amides is 1. The molecule has 1 aromatic carbocycles. The molecule has 1 amide bonds. The van der Waals surface area contributed by atoms with Crippen LogP contribution in [0.1, 0.15) is 12.0 Å². The lowest BCUT2D eigenvalue weighted by atomic mass is 10.2. The van der Waals surface area contributed by atoms with E-state index in [-0.39, 0.29) is 5.91 Å². The Labute approximate surface area is 113 Å². The Morgan fingerprint density at radius 1 is 1.47 bits per heavy atom. The molecule has 1 rings (SSSR count). The van der Waals surface area contributed by atoms with Gasteiger partial charge in [-0.15, -0.1) is 0 Å². The maximum Gasteiger partial charge on any atom is 0.225 e. The number of likely N-dealkylation sites (N-methyl/N-ethyl adjacent to an activating group) is 1. The second-order valence-corrected chi connectivity index (χ2v) is 4.29. The van der Waals surface area contributed by atoms with E-state index < -0.39 is 0 Å². The van der Waals surface area contributed by atoms with Crippen LogP contribution in [0.4, 0.5) is 5.69 Å². The molecule has 0 unspecified atom stereocenters. The highest BCUT2D eigenvalue weighted by molar-refractivity contribution is 5.90. The van der Waals surface area contributed by atoms with Crippen LogP contribution in [0.3, 0.4) is 0 Å². The lowest BCUT2D eigenvalue weighted by Gasteiger charge is -2.15. The van der Waals surface area contributed by atoms with Crippen LogP contribution >= 0.6 is 0 Å². The summed E-state index contributed by atoms with van der Waals surface area (Å²) in [5.41, 5.74) is 1.19. The molecule has 19 heavy (non-hydrogen) atoms. The van der Waals surface area contributed by atoms with Crippen LogP contribution in [0.25, 0.3) is 0 Å². The highest BCUT2D eigenvalue weighted by Crippen LogP contribution is 2.09. The van der Waals surface area contributed by atoms with E-state index in [0.29, 0.717) is 30.8 Å². The Morgan fingerprint density at radius 2 is 2.26 bits per heavy atom. The predicted octanol–water partition coefficient (Wildman–Crippen LogP) is 1.47. The van der Waals surface area contributed by atoms with Gasteiger partial charge in [0.25, 0.3) is 0 Å². The van der Waals surface area contributed by atoms with E-state index in [4.69, 9.17) is 10.00 Å². The van der Waals surface area contributed by atoms with E-state index in [1.165, 1.54) is 0 Å². The average Bonchev–Trinajstić information content (AvgIpc) is 2.43. The van der Waals surface area contributed by atoms with Gasteiger partial charge in [-0.1, -0.05) is 6.07 Å². The third-order valence-electron chi connectivity index (χ3n) is 2.67. The van der Waals surface area contributed by atoms with E-state index in [2.05, 4.69) is 5.32 Å². The Balaban J connectivity index is 2.36. The molecule has 0 heterocycles. The summed E-state index contributed by atoms with van der Waals surface area (Å²) in [6, 6.07) is 8.92. The number of nitriles is 1. The summed E-state index contributed by atoms with van der Waals surface area (Å²) in [5.74, 6) is -0.0562. The summed E-state index contributed by atoms with van der Waals surface area (Å²) >= 11 is 0. The summed E-state index contributed by atoms with van der Waals surface area (Å²) in [4.78, 5) is 13.8. The SMILES string of the molecule is COCCN(C)CCC(=O)Nc1cccc(C#N)c1. The molecule has 0 aliphatic carbocycles. The molecule has 0 bridgehead atoms. The zero-order chi connectivity index (χ0) is 14.1. The molecule has 5 heteroatoms. The first-order chi connectivity index (χ1) is 9.15. The van der Waals surface area contributed by atoms with Gasteiger partial charge in [-0.3, -0.25) is 4.79 Å². The standard InChI is InChI=1S/C14H19N3O2/c1-17(8-9-19-2)7-6-14(18)16-13-5-3-4-12(10-13)11-15/h3-5,10H,6-9H2,1-2H3,(H,16,18). The smallest absolute Gasteiger partial charge is 0.225 e. The van der Waals surface area contributed by atoms with E-state index in [1.54, 1.807) is 31.4 Å². The highest BCUT2D eigenvalue weighted by atomic mass is 16.5. The van der Waals surface area contributed by atoms with Crippen molar-refractivity contribution >= 4 is 11.6 Å². The van der Waals surface area contributed by atoms with Crippen molar-refractivity contribution < 1.29 is 9.53 Å². The van der Waals surface area contributed by atoms with Crippen LogP contribution in [0.5, 0.6) is 0 Å². The van der Waals surface area contributed by atoms with Crippen molar-refractivity contribution in [2.75, 3.05) is 39.2 Å². The van der Waals surface area contributed by atoms with Crippen molar-refractivity contribution in [2.45, 2.75) is 6.42 Å². The van der Waals surface area contributed by atoms with Crippen LogP contribution in [-0.2, 0) is 9.53 Å². The van der Waals surface area contributed by atoms with E-state index in [1.807, 2.05) is 18.0 Å². The predicted molar refractivity (Wildman–Crippen MR) is 73.8 cm³/mol. The van der Waals surface area contributed by atoms with Gasteiger partial charge in [0.1, 0.15) is 0 Å². The molecule has 0 saturated heterocycles. The van der Waals surface area contributed by atoms with Gasteiger partial charge in [0, 0.05) is 32.3 Å². The third kappa shape index (κ3) is 6.00. The molecular weight excluding hydrogens is 242 g/mol. The summed E-state index contributed by atoms with van der Waals surface area (Å²) in [7, 11) is 3.60. The Kier molecular flexibility index (Phi) is 6.58. The van der Waals surface area contributed by atoms with Crippen molar-refractivity contribution in [2.24, 2.45) is 0 Å². The van der Waals surface area contributed by atoms with E-state index in [9.17, 15) is 4.79 Å². The van der Waals surface area contributed by atoms with Crippen molar-refractivity contribution in [1.82, 2.24) is 4.90 Å². The van der Waals surface area contributed by atoms with E-state index in [0.717, 1.165) is 6.54 Å². The Bertz CT molecular complexity index is 454. The number of methoxy groups -OCH3 is 1. The molecule has 0 aliphatic heterocycles. The van der Waals surface area contributed by atoms with Crippen molar-refractivity contribution in [3.05, 3.63) is 29.8 Å². The molecular formula is C14H19N3O2. The summed E-state index contributed by atoms with van der Waals surface area (Å²) < 4.78 is 4.97. The Hall–Kier alpha value is -1.90. The first kappa shape index (κ1) is 15.2. The zero-order valence-electron chi connectivity index (χ0n) is 11.3. The third-order valence-corrected chi connectivity index (χ3v) is 2.67. The normalized spacial score (nSPS) is 10.2. The lowest BCUT2D eigenvalue weighted by Crippen LogP contribution is -2.27. The minimum Gasteiger partial charge on any atom is -0.383 e. The number of anilines is 1. The van der Waals surface area contributed by atoms with Crippen LogP contribution in [0.15, 0.2) is 24.3 Å². The number of hydrogen-bond donors (Lipinski definition) is 1. The molecule has 1 aromatic rings. The zero-order valence-corrected chi connectivity index (χ0v) is 11.3. The van der Waals surface area contributed by atoms with Gasteiger partial charge >= 0.3 is 0 Å². The van der Waals surface area contributed by atoms with Gasteiger partial charge in [-0.2, -0.15) is 5.26 Å². The maximum atomic E-state index is 11.7. The van der Waals surface area contributed by atoms with Crippen LogP contribution < -0.4 is 5.32 Å². The highest BCUT2D eigenvalue weighted by Gasteiger charge is 2.05. The fourth-order valence-corrected chi connectivity index (χ4v) is 1.54. The molecule has 102 valence electrons. The number of carbonyl (C=O) groups excluding carboxylic acids is 1. The van der Waals surface area contributed by atoms with Gasteiger partial charge < -0.3 is 15.0 Å². The molecule has 0 fully saturated rings. The number of rotatable bonds is 7. The monoisotopic (exact) mass is 261 g/mol. The minimum absolute atomic E-state index is 0.0562. The second kappa shape index (κ2) is 8.25. The number of hydrogen-bond acceptors (Lipinski definition) is 4. The average molecular weight is 261 g/mol. The largest absolute Gasteiger partial charge is 0.383 e. The molecule has 0 atom stereocenters. The van der Waals surface area contributed by atoms with E-state index >= 15 is 0 Å². The topological polar surface area (TPSA) is 65.4 Å². The molecule has 0 aliphatic rings. The van der Waals surface area contributed by atoms with Crippen molar-refractivity contribution in [1.29, 1.82) is 5.26 Å². The van der Waals surface area contributed by atoms with Gasteiger partial charge in [0.2, 0.25) is 5.91 Å². The van der Waals surface area contributed by atoms with Crippen LogP contribution in [0, 0.1) is 11.3 Å². The fourth-order valence-electron chi connectivity index (χ4n) is 1.54.